The molecular formula is C32H14F6N4O2. The van der Waals surface area contributed by atoms with Gasteiger partial charge in [-0.2, -0.15) is 20.2 Å². The maximum Gasteiger partial charge on any atom is 0.573 e. The monoisotopic (exact) mass is 600 g/mol. The highest BCUT2D eigenvalue weighted by Crippen LogP contribution is 2.36. The Bertz CT molecular complexity index is 1880. The topological polar surface area (TPSA) is 74.8 Å². The fraction of sp³-hybridized carbons (Fsp3) is 0.125. The molecule has 0 heterocycles. The number of fused-ring (bicyclic) bond motifs is 2. The van der Waals surface area contributed by atoms with Gasteiger partial charge in [-0.25, -0.2) is 0 Å². The number of rotatable bonds is 4. The number of ether oxygens (including phenoxy) is 2. The molecule has 0 saturated carbocycles. The second-order valence-corrected chi connectivity index (χ2v) is 9.52. The predicted octanol–water partition coefficient (Wildman–Crippen LogP) is 6.88. The molecule has 0 radical (unpaired) electrons. The Labute approximate surface area is 245 Å². The fourth-order valence-corrected chi connectivity index (χ4v) is 5.36. The van der Waals surface area contributed by atoms with Gasteiger partial charge in [-0.1, -0.05) is 30.3 Å². The Morgan fingerprint density at radius 3 is 1.41 bits per heavy atom. The van der Waals surface area contributed by atoms with Gasteiger partial charge in [0.2, 0.25) is 0 Å². The van der Waals surface area contributed by atoms with Crippen LogP contribution < -0.4 is 19.9 Å². The van der Waals surface area contributed by atoms with Crippen molar-refractivity contribution in [3.05, 3.63) is 115 Å². The molecule has 44 heavy (non-hydrogen) atoms. The standard InChI is InChI=1S/C32H14F6N4O2/c1-41-30(42-2)20-13-26-27(14-20)29(18-5-9-23(10-6-18)44-32(36,37)38)25-12-19(21(15-39)16-40)11-24(25)28(26)17-3-7-22(8-4-17)43-31(33,34)35/h3-11,14H,12-13H2. The molecule has 0 aliphatic heterocycles. The number of hydrogen-bond acceptors (Lipinski definition) is 4. The van der Waals surface area contributed by atoms with Crippen molar-refractivity contribution in [3.8, 4) is 45.9 Å². The van der Waals surface area contributed by atoms with E-state index in [9.17, 15) is 36.9 Å². The van der Waals surface area contributed by atoms with E-state index in [0.717, 1.165) is 24.3 Å². The summed E-state index contributed by atoms with van der Waals surface area (Å²) in [5, 5.41) is 20.2. The highest BCUT2D eigenvalue weighted by molar-refractivity contribution is 5.87. The highest BCUT2D eigenvalue weighted by Gasteiger charge is 2.33. The van der Waals surface area contributed by atoms with Crippen LogP contribution in [0, 0.1) is 35.8 Å². The van der Waals surface area contributed by atoms with E-state index in [-0.39, 0.29) is 24.2 Å². The summed E-state index contributed by atoms with van der Waals surface area (Å²) in [5.41, 5.74) is 3.81. The molecule has 3 aromatic rings. The maximum absolute atomic E-state index is 12.8. The van der Waals surface area contributed by atoms with Crippen LogP contribution in [0.4, 0.5) is 26.3 Å². The average molecular weight is 600 g/mol. The maximum atomic E-state index is 12.8. The van der Waals surface area contributed by atoms with Crippen LogP contribution in [0.15, 0.2) is 71.1 Å². The van der Waals surface area contributed by atoms with Crippen LogP contribution in [0.5, 0.6) is 11.5 Å². The molecule has 12 heteroatoms. The first kappa shape index (κ1) is 29.5. The summed E-state index contributed by atoms with van der Waals surface area (Å²) in [7, 11) is 0. The van der Waals surface area contributed by atoms with Gasteiger partial charge in [-0.3, -0.25) is 0 Å². The van der Waals surface area contributed by atoms with Gasteiger partial charge < -0.3 is 9.47 Å². The molecule has 0 fully saturated rings. The van der Waals surface area contributed by atoms with Gasteiger partial charge in [0.25, 0.3) is 0 Å². The molecule has 0 N–H and O–H groups in total. The third kappa shape index (κ3) is 5.70. The molecule has 0 unspecified atom stereocenters. The van der Waals surface area contributed by atoms with Gasteiger partial charge in [0.05, 0.1) is 5.57 Å². The molecule has 3 aromatic carbocycles. The van der Waals surface area contributed by atoms with E-state index in [4.69, 9.17) is 13.1 Å². The van der Waals surface area contributed by atoms with E-state index in [2.05, 4.69) is 19.2 Å². The minimum atomic E-state index is -4.91. The Morgan fingerprint density at radius 2 is 1.05 bits per heavy atom. The zero-order valence-electron chi connectivity index (χ0n) is 22.1. The van der Waals surface area contributed by atoms with Gasteiger partial charge in [0.15, 0.2) is 0 Å². The molecule has 0 saturated heterocycles. The van der Waals surface area contributed by atoms with E-state index >= 15 is 0 Å². The van der Waals surface area contributed by atoms with E-state index < -0.39 is 24.2 Å². The first-order chi connectivity index (χ1) is 20.9. The SMILES string of the molecule is [C-]#[N+]C([N+]#[C-])=C1C=c2c(c(-c3ccc(OC(F)(F)F)cc3)c3c(c2-c2ccc(OC(F)(F)F)cc2)CC(=C(C#N)C#N)C=3)C1. The average Bonchev–Trinajstić information content (AvgIpc) is 3.58. The number of benzene rings is 3. The molecule has 5 rings (SSSR count). The number of hydrogen-bond donors (Lipinski definition) is 0. The molecule has 0 spiro atoms. The molecule has 0 aromatic heterocycles. The zero-order chi connectivity index (χ0) is 31.8. The van der Waals surface area contributed by atoms with Crippen molar-refractivity contribution in [3.63, 3.8) is 0 Å². The summed E-state index contributed by atoms with van der Waals surface area (Å²) in [5.74, 6) is -1.10. The minimum absolute atomic E-state index is 0.0862. The van der Waals surface area contributed by atoms with E-state index in [1.165, 1.54) is 24.3 Å². The van der Waals surface area contributed by atoms with Crippen LogP contribution in [0.25, 0.3) is 44.1 Å². The van der Waals surface area contributed by atoms with Crippen LogP contribution in [0.1, 0.15) is 11.1 Å². The van der Waals surface area contributed by atoms with Crippen LogP contribution >= 0.6 is 0 Å². The van der Waals surface area contributed by atoms with Crippen LogP contribution in [-0.4, -0.2) is 12.7 Å². The number of nitriles is 2. The Kier molecular flexibility index (Phi) is 7.39. The molecule has 216 valence electrons. The molecule has 0 atom stereocenters. The van der Waals surface area contributed by atoms with Crippen molar-refractivity contribution < 1.29 is 35.8 Å². The predicted molar refractivity (Wildman–Crippen MR) is 145 cm³/mol. The van der Waals surface area contributed by atoms with Crippen molar-refractivity contribution in [2.75, 3.05) is 0 Å². The van der Waals surface area contributed by atoms with E-state index in [0.29, 0.717) is 55.0 Å². The lowest BCUT2D eigenvalue weighted by molar-refractivity contribution is -0.275. The second kappa shape index (κ2) is 11.0. The Morgan fingerprint density at radius 1 is 0.659 bits per heavy atom. The summed E-state index contributed by atoms with van der Waals surface area (Å²) < 4.78 is 84.8. The number of alkyl halides is 6. The smallest absolute Gasteiger partial charge is 0.406 e. The Balaban J connectivity index is 1.84. The number of allylic oxidation sites excluding steroid dienone is 3. The first-order valence-corrected chi connectivity index (χ1v) is 12.5. The van der Waals surface area contributed by atoms with Gasteiger partial charge in [-0.15, -0.1) is 26.3 Å². The van der Waals surface area contributed by atoms with Crippen molar-refractivity contribution >= 4 is 12.2 Å². The molecule has 0 amide bonds. The van der Waals surface area contributed by atoms with E-state index in [1.807, 2.05) is 12.1 Å². The van der Waals surface area contributed by atoms with Gasteiger partial charge >= 0.3 is 18.5 Å². The van der Waals surface area contributed by atoms with Gasteiger partial charge in [0.1, 0.15) is 42.4 Å². The van der Waals surface area contributed by atoms with Crippen molar-refractivity contribution in [1.29, 1.82) is 10.5 Å². The molecule has 6 nitrogen and oxygen atoms in total. The highest BCUT2D eigenvalue weighted by atomic mass is 19.4. The van der Waals surface area contributed by atoms with Crippen LogP contribution in [0.3, 0.4) is 0 Å². The fourth-order valence-electron chi connectivity index (χ4n) is 5.36. The quantitative estimate of drug-likeness (QED) is 0.186. The second-order valence-electron chi connectivity index (χ2n) is 9.52. The summed E-state index contributed by atoms with van der Waals surface area (Å²) in [6.07, 6.45) is -6.37. The lowest BCUT2D eigenvalue weighted by Gasteiger charge is -2.17. The third-order valence-electron chi connectivity index (χ3n) is 6.96. The normalized spacial score (nSPS) is 13.2. The summed E-state index contributed by atoms with van der Waals surface area (Å²) in [6, 6.07) is 13.9. The van der Waals surface area contributed by atoms with Crippen molar-refractivity contribution in [2.24, 2.45) is 0 Å². The molecule has 0 bridgehead atoms. The minimum Gasteiger partial charge on any atom is -0.406 e. The number of nitrogens with zero attached hydrogens (tertiary/aromatic N) is 4. The van der Waals surface area contributed by atoms with Crippen LogP contribution in [0.2, 0.25) is 0 Å². The van der Waals surface area contributed by atoms with Gasteiger partial charge in [0, 0.05) is 6.42 Å². The third-order valence-corrected chi connectivity index (χ3v) is 6.96. The number of halogens is 6. The van der Waals surface area contributed by atoms with Crippen molar-refractivity contribution in [2.45, 2.75) is 25.6 Å². The lowest BCUT2D eigenvalue weighted by atomic mass is 9.87. The summed E-state index contributed by atoms with van der Waals surface area (Å²) >= 11 is 0. The molecule has 2 aliphatic carbocycles. The van der Waals surface area contributed by atoms with Crippen LogP contribution in [-0.2, 0) is 12.8 Å². The largest absolute Gasteiger partial charge is 0.573 e. The summed E-state index contributed by atoms with van der Waals surface area (Å²) in [4.78, 5) is 6.63. The first-order valence-electron chi connectivity index (χ1n) is 12.5. The van der Waals surface area contributed by atoms with Crippen molar-refractivity contribution in [1.82, 2.24) is 0 Å². The van der Waals surface area contributed by atoms with Gasteiger partial charge in [-0.05, 0) is 86.2 Å². The Hall–Kier alpha value is -5.98. The molecular weight excluding hydrogens is 586 g/mol. The molecule has 2 aliphatic rings. The van der Waals surface area contributed by atoms with E-state index in [1.54, 1.807) is 12.2 Å². The lowest BCUT2D eigenvalue weighted by Crippen LogP contribution is -2.23. The summed E-state index contributed by atoms with van der Waals surface area (Å²) in [6.45, 7) is 14.9. The zero-order valence-corrected chi connectivity index (χ0v) is 22.1.